The Hall–Kier alpha value is -3.31. The zero-order chi connectivity index (χ0) is 21.1. The summed E-state index contributed by atoms with van der Waals surface area (Å²) in [6.45, 7) is -0.437. The normalized spacial score (nSPS) is 15.1. The molecule has 0 bridgehead atoms. The van der Waals surface area contributed by atoms with Crippen LogP contribution in [0.3, 0.4) is 0 Å². The molecule has 3 rings (SSSR count). The number of carbonyl (C=O) groups excluding carboxylic acids is 2. The summed E-state index contributed by atoms with van der Waals surface area (Å²) in [7, 11) is 0. The monoisotopic (exact) mass is 433 g/mol. The summed E-state index contributed by atoms with van der Waals surface area (Å²) in [6, 6.07) is 8.69. The number of nitrogens with zero attached hydrogens (tertiary/aromatic N) is 2. The standard InChI is InChI=1S/C18H12FN3O5S2/c19-11-3-1-10(2-4-11)7-15-17(25)21(18(28)29-15)9-16(24)20-13-8-12(22(26)27)5-6-14(13)23/h1-8,23H,9H2,(H,20,24)/b15-7-. The molecule has 148 valence electrons. The fourth-order valence-corrected chi connectivity index (χ4v) is 3.67. The predicted molar refractivity (Wildman–Crippen MR) is 110 cm³/mol. The number of nitro groups is 1. The lowest BCUT2D eigenvalue weighted by Gasteiger charge is -2.14. The van der Waals surface area contributed by atoms with Crippen molar-refractivity contribution in [2.24, 2.45) is 0 Å². The Morgan fingerprint density at radius 3 is 2.66 bits per heavy atom. The number of hydrogen-bond donors (Lipinski definition) is 2. The largest absolute Gasteiger partial charge is 0.506 e. The van der Waals surface area contributed by atoms with Crippen molar-refractivity contribution in [3.63, 3.8) is 0 Å². The van der Waals surface area contributed by atoms with Gasteiger partial charge in [-0.25, -0.2) is 4.39 Å². The molecule has 2 aromatic carbocycles. The van der Waals surface area contributed by atoms with Crippen LogP contribution in [0.5, 0.6) is 5.75 Å². The minimum atomic E-state index is -0.694. The maximum absolute atomic E-state index is 13.0. The molecule has 1 heterocycles. The molecule has 11 heteroatoms. The van der Waals surface area contributed by atoms with Gasteiger partial charge in [-0.1, -0.05) is 36.1 Å². The summed E-state index contributed by atoms with van der Waals surface area (Å²) >= 11 is 6.14. The van der Waals surface area contributed by atoms with Gasteiger partial charge in [0.1, 0.15) is 22.4 Å². The van der Waals surface area contributed by atoms with Crippen molar-refractivity contribution in [3.05, 3.63) is 68.9 Å². The van der Waals surface area contributed by atoms with Crippen LogP contribution in [-0.2, 0) is 9.59 Å². The van der Waals surface area contributed by atoms with E-state index in [0.29, 0.717) is 5.56 Å². The van der Waals surface area contributed by atoms with Crippen LogP contribution in [0.25, 0.3) is 6.08 Å². The second-order valence-corrected chi connectivity index (χ2v) is 7.50. The number of hydrogen-bond acceptors (Lipinski definition) is 7. The van der Waals surface area contributed by atoms with Gasteiger partial charge in [-0.3, -0.25) is 24.6 Å². The Bertz CT molecular complexity index is 1060. The van der Waals surface area contributed by atoms with Crippen LogP contribution >= 0.6 is 24.0 Å². The molecular formula is C18H12FN3O5S2. The summed E-state index contributed by atoms with van der Waals surface area (Å²) in [6.07, 6.45) is 1.53. The molecule has 29 heavy (non-hydrogen) atoms. The maximum Gasteiger partial charge on any atom is 0.271 e. The van der Waals surface area contributed by atoms with Crippen LogP contribution in [0.2, 0.25) is 0 Å². The van der Waals surface area contributed by atoms with Gasteiger partial charge >= 0.3 is 0 Å². The van der Waals surface area contributed by atoms with Crippen molar-refractivity contribution < 1.29 is 24.0 Å². The first-order valence-electron chi connectivity index (χ1n) is 8.03. The second-order valence-electron chi connectivity index (χ2n) is 5.83. The van der Waals surface area contributed by atoms with Crippen molar-refractivity contribution >= 4 is 57.6 Å². The second kappa shape index (κ2) is 8.37. The molecule has 2 N–H and O–H groups in total. The van der Waals surface area contributed by atoms with Crippen LogP contribution < -0.4 is 5.32 Å². The van der Waals surface area contributed by atoms with E-state index in [-0.39, 0.29) is 26.3 Å². The van der Waals surface area contributed by atoms with Gasteiger partial charge in [0.05, 0.1) is 15.5 Å². The fourth-order valence-electron chi connectivity index (χ4n) is 2.42. The molecule has 1 saturated heterocycles. The van der Waals surface area contributed by atoms with E-state index >= 15 is 0 Å². The third kappa shape index (κ3) is 4.76. The Balaban J connectivity index is 1.71. The number of aromatic hydroxyl groups is 1. The first-order valence-corrected chi connectivity index (χ1v) is 9.25. The number of amides is 2. The zero-order valence-electron chi connectivity index (χ0n) is 14.5. The molecule has 0 aromatic heterocycles. The fraction of sp³-hybridized carbons (Fsp3) is 0.0556. The van der Waals surface area contributed by atoms with Gasteiger partial charge in [-0.2, -0.15) is 0 Å². The summed E-state index contributed by atoms with van der Waals surface area (Å²) < 4.78 is 13.2. The number of nitro benzene ring substituents is 1. The molecule has 0 unspecified atom stereocenters. The van der Waals surface area contributed by atoms with Crippen molar-refractivity contribution in [3.8, 4) is 5.75 Å². The third-order valence-corrected chi connectivity index (χ3v) is 5.19. The van der Waals surface area contributed by atoms with Crippen molar-refractivity contribution in [1.29, 1.82) is 0 Å². The smallest absolute Gasteiger partial charge is 0.271 e. The quantitative estimate of drug-likeness (QED) is 0.245. The van der Waals surface area contributed by atoms with Crippen LogP contribution in [0.1, 0.15) is 5.56 Å². The van der Waals surface area contributed by atoms with E-state index in [9.17, 15) is 29.2 Å². The minimum absolute atomic E-state index is 0.154. The molecule has 0 spiro atoms. The van der Waals surface area contributed by atoms with Gasteiger partial charge in [0.15, 0.2) is 0 Å². The lowest BCUT2D eigenvalue weighted by molar-refractivity contribution is -0.384. The van der Waals surface area contributed by atoms with E-state index in [2.05, 4.69) is 5.32 Å². The lowest BCUT2D eigenvalue weighted by atomic mass is 10.2. The zero-order valence-corrected chi connectivity index (χ0v) is 16.1. The van der Waals surface area contributed by atoms with Gasteiger partial charge in [-0.15, -0.1) is 0 Å². The first kappa shape index (κ1) is 20.4. The van der Waals surface area contributed by atoms with Crippen molar-refractivity contribution in [1.82, 2.24) is 4.90 Å². The Kier molecular flexibility index (Phi) is 5.89. The molecule has 2 amide bonds. The van der Waals surface area contributed by atoms with E-state index in [4.69, 9.17) is 12.2 Å². The Labute approximate surface area is 173 Å². The molecule has 0 atom stereocenters. The predicted octanol–water partition coefficient (Wildman–Crippen LogP) is 3.28. The maximum atomic E-state index is 13.0. The number of benzene rings is 2. The molecule has 1 aliphatic rings. The van der Waals surface area contributed by atoms with Gasteiger partial charge in [-0.05, 0) is 29.8 Å². The lowest BCUT2D eigenvalue weighted by Crippen LogP contribution is -2.36. The number of phenols is 1. The summed E-state index contributed by atoms with van der Waals surface area (Å²) in [4.78, 5) is 36.3. The molecule has 0 aliphatic carbocycles. The highest BCUT2D eigenvalue weighted by Gasteiger charge is 2.33. The number of rotatable bonds is 5. The van der Waals surface area contributed by atoms with Crippen molar-refractivity contribution in [2.45, 2.75) is 0 Å². The average molecular weight is 433 g/mol. The summed E-state index contributed by atoms with van der Waals surface area (Å²) in [5.41, 5.74) is 0.125. The number of nitrogens with one attached hydrogen (secondary N) is 1. The molecule has 8 nitrogen and oxygen atoms in total. The van der Waals surface area contributed by atoms with E-state index in [1.807, 2.05) is 0 Å². The van der Waals surface area contributed by atoms with Gasteiger partial charge < -0.3 is 10.4 Å². The number of thioether (sulfide) groups is 1. The molecule has 1 fully saturated rings. The van der Waals surface area contributed by atoms with E-state index < -0.39 is 29.1 Å². The number of phenolic OH excluding ortho intramolecular Hbond substituents is 1. The average Bonchev–Trinajstić information content (AvgIpc) is 2.92. The number of non-ortho nitro benzene ring substituents is 1. The Morgan fingerprint density at radius 1 is 1.31 bits per heavy atom. The first-order chi connectivity index (χ1) is 13.7. The number of thiocarbonyl (C=S) groups is 1. The van der Waals surface area contributed by atoms with Crippen LogP contribution in [0.15, 0.2) is 47.4 Å². The number of carbonyl (C=O) groups is 2. The highest BCUT2D eigenvalue weighted by Crippen LogP contribution is 2.33. The molecule has 0 radical (unpaired) electrons. The molecular weight excluding hydrogens is 421 g/mol. The van der Waals surface area contributed by atoms with E-state index in [1.165, 1.54) is 30.3 Å². The molecule has 2 aromatic rings. The molecule has 0 saturated carbocycles. The van der Waals surface area contributed by atoms with Crippen LogP contribution in [0, 0.1) is 15.9 Å². The van der Waals surface area contributed by atoms with Gasteiger partial charge in [0.2, 0.25) is 5.91 Å². The molecule has 1 aliphatic heterocycles. The van der Waals surface area contributed by atoms with Gasteiger partial charge in [0, 0.05) is 12.1 Å². The highest BCUT2D eigenvalue weighted by atomic mass is 32.2. The van der Waals surface area contributed by atoms with E-state index in [1.54, 1.807) is 0 Å². The Morgan fingerprint density at radius 2 is 2.00 bits per heavy atom. The summed E-state index contributed by atoms with van der Waals surface area (Å²) in [5, 5.41) is 22.9. The van der Waals surface area contributed by atoms with Crippen molar-refractivity contribution in [2.75, 3.05) is 11.9 Å². The highest BCUT2D eigenvalue weighted by molar-refractivity contribution is 8.26. The third-order valence-electron chi connectivity index (χ3n) is 3.81. The minimum Gasteiger partial charge on any atom is -0.506 e. The van der Waals surface area contributed by atoms with E-state index in [0.717, 1.165) is 34.9 Å². The van der Waals surface area contributed by atoms with Crippen LogP contribution in [0.4, 0.5) is 15.8 Å². The van der Waals surface area contributed by atoms with Gasteiger partial charge in [0.25, 0.3) is 11.6 Å². The SMILES string of the molecule is O=C(CN1C(=O)/C(=C/c2ccc(F)cc2)SC1=S)Nc1cc([N+](=O)[O-])ccc1O. The summed E-state index contributed by atoms with van der Waals surface area (Å²) in [5.74, 6) is -1.95. The van der Waals surface area contributed by atoms with Crippen LogP contribution in [-0.4, -0.2) is 37.6 Å². The number of halogens is 1. The topological polar surface area (TPSA) is 113 Å². The number of anilines is 1.